The van der Waals surface area contributed by atoms with Gasteiger partial charge in [-0.15, -0.1) is 5.10 Å². The Morgan fingerprint density at radius 3 is 2.82 bits per heavy atom. The highest BCUT2D eigenvalue weighted by Crippen LogP contribution is 2.37. The van der Waals surface area contributed by atoms with Crippen LogP contribution < -0.4 is 10.1 Å². The number of anilines is 1. The van der Waals surface area contributed by atoms with Crippen LogP contribution in [0.15, 0.2) is 24.4 Å². The molecule has 0 aliphatic carbocycles. The van der Waals surface area contributed by atoms with Crippen molar-refractivity contribution in [1.82, 2.24) is 29.0 Å². The molecule has 38 heavy (non-hydrogen) atoms. The predicted octanol–water partition coefficient (Wildman–Crippen LogP) is 3.60. The van der Waals surface area contributed by atoms with E-state index in [1.54, 1.807) is 11.8 Å². The SMILES string of the molecule is [2H]C([2H])([2H])Oc1nc(NC2CN(C3COC3)CC2(F)F)nn2cc(F)c(-c3ccc4nc(C)n(CC(F)F)c4c3)c12. The van der Waals surface area contributed by atoms with Crippen LogP contribution in [0.5, 0.6) is 5.88 Å². The smallest absolute Gasteiger partial charge is 0.281 e. The van der Waals surface area contributed by atoms with Gasteiger partial charge in [-0.2, -0.15) is 4.98 Å². The molecule has 0 bridgehead atoms. The van der Waals surface area contributed by atoms with E-state index in [9.17, 15) is 17.6 Å². The lowest BCUT2D eigenvalue weighted by Crippen LogP contribution is -2.48. The van der Waals surface area contributed by atoms with Gasteiger partial charge < -0.3 is 19.4 Å². The third-order valence-electron chi connectivity index (χ3n) is 6.98. The average Bonchev–Trinajstić information content (AvgIpc) is 3.41. The summed E-state index contributed by atoms with van der Waals surface area (Å²) in [6.45, 7) is 1.07. The van der Waals surface area contributed by atoms with Gasteiger partial charge in [-0.25, -0.2) is 31.5 Å². The molecule has 0 spiro atoms. The number of methoxy groups -OCH3 is 1. The molecule has 5 heterocycles. The van der Waals surface area contributed by atoms with Crippen molar-refractivity contribution in [1.29, 1.82) is 0 Å². The molecule has 6 rings (SSSR count). The minimum atomic E-state index is -3.17. The van der Waals surface area contributed by atoms with Crippen molar-refractivity contribution in [3.05, 3.63) is 36.0 Å². The van der Waals surface area contributed by atoms with Gasteiger partial charge in [0.25, 0.3) is 12.3 Å². The Kier molecular flexibility index (Phi) is 5.10. The maximum Gasteiger partial charge on any atom is 0.281 e. The Morgan fingerprint density at radius 1 is 1.29 bits per heavy atom. The monoisotopic (exact) mass is 540 g/mol. The molecule has 3 aromatic heterocycles. The Hall–Kier alpha value is -3.52. The van der Waals surface area contributed by atoms with Gasteiger partial charge in [-0.1, -0.05) is 6.07 Å². The molecule has 9 nitrogen and oxygen atoms in total. The van der Waals surface area contributed by atoms with Gasteiger partial charge in [-0.3, -0.25) is 4.90 Å². The molecule has 1 N–H and O–H groups in total. The van der Waals surface area contributed by atoms with Gasteiger partial charge in [0.1, 0.15) is 17.4 Å². The topological polar surface area (TPSA) is 81.7 Å². The van der Waals surface area contributed by atoms with Gasteiger partial charge in [0.2, 0.25) is 11.8 Å². The number of halogens is 5. The molecule has 0 amide bonds. The lowest BCUT2D eigenvalue weighted by Gasteiger charge is -2.34. The molecule has 202 valence electrons. The van der Waals surface area contributed by atoms with Crippen molar-refractivity contribution < 1.29 is 35.5 Å². The number of aromatic nitrogens is 5. The zero-order valence-electron chi connectivity index (χ0n) is 23.0. The normalized spacial score (nSPS) is 21.6. The molecule has 0 radical (unpaired) electrons. The summed E-state index contributed by atoms with van der Waals surface area (Å²) >= 11 is 0. The van der Waals surface area contributed by atoms with Crippen LogP contribution in [0.4, 0.5) is 27.9 Å². The second kappa shape index (κ2) is 9.05. The molecule has 1 unspecified atom stereocenters. The van der Waals surface area contributed by atoms with Gasteiger partial charge in [0.15, 0.2) is 5.82 Å². The van der Waals surface area contributed by atoms with Crippen molar-refractivity contribution in [2.75, 3.05) is 38.7 Å². The molecule has 1 aromatic carbocycles. The highest BCUT2D eigenvalue weighted by atomic mass is 19.3. The van der Waals surface area contributed by atoms with Crippen molar-refractivity contribution in [2.45, 2.75) is 37.9 Å². The van der Waals surface area contributed by atoms with Crippen LogP contribution in [0, 0.1) is 12.7 Å². The van der Waals surface area contributed by atoms with Gasteiger partial charge in [0.05, 0.1) is 66.3 Å². The molecular formula is C24H24F5N7O2. The number of alkyl halides is 4. The first kappa shape index (κ1) is 21.4. The number of aryl methyl sites for hydroxylation is 1. The number of ether oxygens (including phenoxy) is 2. The molecule has 0 saturated carbocycles. The van der Waals surface area contributed by atoms with Crippen molar-refractivity contribution in [3.8, 4) is 17.0 Å². The number of rotatable bonds is 7. The first-order valence-electron chi connectivity index (χ1n) is 13.3. The molecule has 2 aliphatic rings. The van der Waals surface area contributed by atoms with Crippen LogP contribution in [-0.2, 0) is 11.3 Å². The number of fused-ring (bicyclic) bond motifs is 2. The summed E-state index contributed by atoms with van der Waals surface area (Å²) in [6.07, 6.45) is -1.73. The minimum Gasteiger partial charge on any atom is -0.479 e. The van der Waals surface area contributed by atoms with Gasteiger partial charge >= 0.3 is 0 Å². The maximum absolute atomic E-state index is 15.5. The summed E-state index contributed by atoms with van der Waals surface area (Å²) in [7, 11) is -3.03. The van der Waals surface area contributed by atoms with Crippen LogP contribution >= 0.6 is 0 Å². The van der Waals surface area contributed by atoms with Crippen LogP contribution in [0.3, 0.4) is 0 Å². The van der Waals surface area contributed by atoms with E-state index in [1.807, 2.05) is 0 Å². The largest absolute Gasteiger partial charge is 0.479 e. The van der Waals surface area contributed by atoms with Crippen molar-refractivity contribution in [3.63, 3.8) is 0 Å². The Morgan fingerprint density at radius 2 is 2.11 bits per heavy atom. The first-order chi connectivity index (χ1) is 19.3. The third-order valence-corrected chi connectivity index (χ3v) is 6.98. The van der Waals surface area contributed by atoms with Crippen molar-refractivity contribution >= 4 is 22.5 Å². The third kappa shape index (κ3) is 4.11. The van der Waals surface area contributed by atoms with E-state index in [0.29, 0.717) is 30.1 Å². The Labute approximate surface area is 217 Å². The Bertz CT molecular complexity index is 1620. The zero-order chi connectivity index (χ0) is 29.3. The summed E-state index contributed by atoms with van der Waals surface area (Å²) in [5, 5.41) is 6.69. The average molecular weight is 541 g/mol. The van der Waals surface area contributed by atoms with Crippen molar-refractivity contribution in [2.24, 2.45) is 0 Å². The standard InChI is InChI=1S/C24H24F5N7O2/c1-12-30-16-4-3-13(5-17(16)35(12)8-19(26)27)20-15(25)6-36-21(20)22(37-2)32-23(33-36)31-18-7-34(11-24(18,28)29)14-9-38-10-14/h3-6,14,18-19H,7-11H2,1-2H3,(H,31,33)/i2D3. The van der Waals surface area contributed by atoms with Crippen LogP contribution in [0.2, 0.25) is 0 Å². The van der Waals surface area contributed by atoms with E-state index in [0.717, 1.165) is 10.7 Å². The number of hydrogen-bond acceptors (Lipinski definition) is 7. The van der Waals surface area contributed by atoms with E-state index in [4.69, 9.17) is 13.6 Å². The van der Waals surface area contributed by atoms with Crippen LogP contribution in [0.25, 0.3) is 27.7 Å². The van der Waals surface area contributed by atoms with E-state index >= 15 is 4.39 Å². The number of likely N-dealkylation sites (tertiary alicyclic amines) is 1. The fraction of sp³-hybridized carbons (Fsp3) is 0.458. The number of nitrogens with one attached hydrogen (secondary N) is 1. The van der Waals surface area contributed by atoms with Crippen LogP contribution in [0.1, 0.15) is 9.94 Å². The second-order valence-corrected chi connectivity index (χ2v) is 9.43. The fourth-order valence-corrected chi connectivity index (χ4v) is 5.03. The lowest BCUT2D eigenvalue weighted by molar-refractivity contribution is -0.0711. The zero-order valence-corrected chi connectivity index (χ0v) is 20.0. The summed E-state index contributed by atoms with van der Waals surface area (Å²) in [6, 6.07) is 2.90. The first-order valence-corrected chi connectivity index (χ1v) is 11.8. The second-order valence-electron chi connectivity index (χ2n) is 9.43. The highest BCUT2D eigenvalue weighted by molar-refractivity contribution is 5.90. The summed E-state index contributed by atoms with van der Waals surface area (Å²) in [4.78, 5) is 9.91. The molecule has 2 aliphatic heterocycles. The lowest BCUT2D eigenvalue weighted by atomic mass is 10.1. The molecular weight excluding hydrogens is 513 g/mol. The number of nitrogens with zero attached hydrogens (tertiary/aromatic N) is 6. The molecule has 14 heteroatoms. The summed E-state index contributed by atoms with van der Waals surface area (Å²) in [5.74, 6) is -4.66. The van der Waals surface area contributed by atoms with E-state index in [1.165, 1.54) is 22.8 Å². The van der Waals surface area contributed by atoms with E-state index in [2.05, 4.69) is 20.4 Å². The predicted molar refractivity (Wildman–Crippen MR) is 128 cm³/mol. The molecule has 4 aromatic rings. The van der Waals surface area contributed by atoms with E-state index < -0.39 is 56.2 Å². The fourth-order valence-electron chi connectivity index (χ4n) is 5.03. The maximum atomic E-state index is 15.5. The van der Waals surface area contributed by atoms with Gasteiger partial charge in [-0.05, 0) is 24.6 Å². The summed E-state index contributed by atoms with van der Waals surface area (Å²) < 4.78 is 107. The molecule has 2 fully saturated rings. The molecule has 1 atom stereocenters. The highest BCUT2D eigenvalue weighted by Gasteiger charge is 2.51. The number of benzene rings is 1. The van der Waals surface area contributed by atoms with Gasteiger partial charge in [0, 0.05) is 6.54 Å². The quantitative estimate of drug-likeness (QED) is 0.359. The van der Waals surface area contributed by atoms with E-state index in [-0.39, 0.29) is 29.2 Å². The number of imidazole rings is 1. The van der Waals surface area contributed by atoms with Crippen LogP contribution in [-0.4, -0.2) is 86.8 Å². The Balaban J connectivity index is 1.43. The number of hydrogen-bond donors (Lipinski definition) is 1. The molecule has 2 saturated heterocycles. The summed E-state index contributed by atoms with van der Waals surface area (Å²) in [5.41, 5.74) is 0.543. The minimum absolute atomic E-state index is 0.0467.